The molecule has 0 amide bonds. The van der Waals surface area contributed by atoms with Crippen LogP contribution >= 0.6 is 0 Å². The van der Waals surface area contributed by atoms with Crippen molar-refractivity contribution in [3.63, 3.8) is 0 Å². The summed E-state index contributed by atoms with van der Waals surface area (Å²) in [4.78, 5) is 2.37. The minimum Gasteiger partial charge on any atom is -0.495 e. The van der Waals surface area contributed by atoms with Gasteiger partial charge in [-0.2, -0.15) is 5.10 Å². The van der Waals surface area contributed by atoms with Gasteiger partial charge in [0, 0.05) is 13.1 Å². The van der Waals surface area contributed by atoms with E-state index in [1.165, 1.54) is 11.1 Å². The van der Waals surface area contributed by atoms with Crippen LogP contribution in [0.3, 0.4) is 0 Å². The maximum Gasteiger partial charge on any atom is 0.142 e. The third-order valence-corrected chi connectivity index (χ3v) is 5.38. The van der Waals surface area contributed by atoms with Crippen molar-refractivity contribution in [2.45, 2.75) is 6.92 Å². The predicted molar refractivity (Wildman–Crippen MR) is 121 cm³/mol. The number of anilines is 1. The second-order valence-electron chi connectivity index (χ2n) is 7.24. The van der Waals surface area contributed by atoms with Gasteiger partial charge in [0.05, 0.1) is 31.6 Å². The van der Waals surface area contributed by atoms with Crippen LogP contribution in [-0.2, 0) is 0 Å². The highest BCUT2D eigenvalue weighted by atomic mass is 16.5. The number of hydrazone groups is 1. The molecule has 0 unspecified atom stereocenters. The minimum atomic E-state index is 0.900. The Kier molecular flexibility index (Phi) is 5.80. The molecular formula is C25H27N3O. The number of methoxy groups -OCH3 is 1. The van der Waals surface area contributed by atoms with Crippen LogP contribution in [0.2, 0.25) is 0 Å². The number of nitrogens with zero attached hydrogens (tertiary/aromatic N) is 3. The number of benzene rings is 3. The lowest BCUT2D eigenvalue weighted by molar-refractivity contribution is 0.269. The highest BCUT2D eigenvalue weighted by molar-refractivity contribution is 5.98. The Balaban J connectivity index is 1.40. The van der Waals surface area contributed by atoms with Crippen molar-refractivity contribution in [1.29, 1.82) is 0 Å². The molecule has 0 spiro atoms. The average Bonchev–Trinajstić information content (AvgIpc) is 2.80. The lowest BCUT2D eigenvalue weighted by Crippen LogP contribution is -2.44. The van der Waals surface area contributed by atoms with Gasteiger partial charge in [0.25, 0.3) is 0 Å². The van der Waals surface area contributed by atoms with E-state index in [-0.39, 0.29) is 0 Å². The topological polar surface area (TPSA) is 28.1 Å². The molecule has 148 valence electrons. The van der Waals surface area contributed by atoms with Crippen LogP contribution in [0.15, 0.2) is 84.0 Å². The maximum atomic E-state index is 5.51. The number of hydrogen-bond acceptors (Lipinski definition) is 4. The standard InChI is InChI=1S/C25H27N3O/c1-20(21-12-14-23(15-13-21)22-8-4-3-5-9-22)26-28-18-16-27(17-19-28)24-10-6-7-11-25(24)29-2/h3-15H,16-19H2,1-2H3/b26-20+. The fourth-order valence-electron chi connectivity index (χ4n) is 3.73. The van der Waals surface area contributed by atoms with Gasteiger partial charge in [-0.15, -0.1) is 0 Å². The van der Waals surface area contributed by atoms with Crippen LogP contribution in [0.5, 0.6) is 5.75 Å². The average molecular weight is 386 g/mol. The van der Waals surface area contributed by atoms with E-state index >= 15 is 0 Å². The van der Waals surface area contributed by atoms with Gasteiger partial charge in [-0.25, -0.2) is 0 Å². The van der Waals surface area contributed by atoms with Crippen molar-refractivity contribution in [2.24, 2.45) is 5.10 Å². The van der Waals surface area contributed by atoms with Crippen LogP contribution < -0.4 is 9.64 Å². The van der Waals surface area contributed by atoms with E-state index in [9.17, 15) is 0 Å². The van der Waals surface area contributed by atoms with Gasteiger partial charge in [-0.3, -0.25) is 5.01 Å². The van der Waals surface area contributed by atoms with Crippen LogP contribution in [0.1, 0.15) is 12.5 Å². The molecule has 0 radical (unpaired) electrons. The number of ether oxygens (including phenoxy) is 1. The second kappa shape index (κ2) is 8.82. The summed E-state index contributed by atoms with van der Waals surface area (Å²) in [5, 5.41) is 7.04. The molecule has 0 saturated carbocycles. The lowest BCUT2D eigenvalue weighted by atomic mass is 10.0. The molecule has 1 saturated heterocycles. The number of piperazine rings is 1. The van der Waals surface area contributed by atoms with E-state index in [0.717, 1.165) is 48.9 Å². The molecule has 1 heterocycles. The lowest BCUT2D eigenvalue weighted by Gasteiger charge is -2.35. The third-order valence-electron chi connectivity index (χ3n) is 5.38. The van der Waals surface area contributed by atoms with Crippen molar-refractivity contribution >= 4 is 11.4 Å². The first kappa shape index (κ1) is 19.1. The smallest absolute Gasteiger partial charge is 0.142 e. The van der Waals surface area contributed by atoms with E-state index in [2.05, 4.69) is 77.5 Å². The molecule has 1 fully saturated rings. The zero-order valence-corrected chi connectivity index (χ0v) is 17.1. The molecule has 0 atom stereocenters. The summed E-state index contributed by atoms with van der Waals surface area (Å²) >= 11 is 0. The van der Waals surface area contributed by atoms with Crippen molar-refractivity contribution in [3.05, 3.63) is 84.4 Å². The number of rotatable bonds is 5. The Morgan fingerprint density at radius 3 is 2.07 bits per heavy atom. The summed E-state index contributed by atoms with van der Waals surface area (Å²) in [5.41, 5.74) is 5.84. The highest BCUT2D eigenvalue weighted by Crippen LogP contribution is 2.28. The number of hydrogen-bond donors (Lipinski definition) is 0. The Labute approximate surface area is 173 Å². The molecule has 3 aromatic rings. The van der Waals surface area contributed by atoms with Gasteiger partial charge < -0.3 is 9.64 Å². The molecular weight excluding hydrogens is 358 g/mol. The molecule has 3 aromatic carbocycles. The van der Waals surface area contributed by atoms with Crippen LogP contribution in [-0.4, -0.2) is 44.0 Å². The molecule has 0 N–H and O–H groups in total. The first-order chi connectivity index (χ1) is 14.2. The van der Waals surface area contributed by atoms with E-state index in [1.54, 1.807) is 7.11 Å². The maximum absolute atomic E-state index is 5.51. The zero-order chi connectivity index (χ0) is 20.1. The normalized spacial score (nSPS) is 14.8. The summed E-state index contributed by atoms with van der Waals surface area (Å²) in [6.45, 7) is 5.76. The Morgan fingerprint density at radius 2 is 1.38 bits per heavy atom. The van der Waals surface area contributed by atoms with E-state index < -0.39 is 0 Å². The van der Waals surface area contributed by atoms with Gasteiger partial charge in [-0.05, 0) is 35.7 Å². The molecule has 29 heavy (non-hydrogen) atoms. The second-order valence-corrected chi connectivity index (χ2v) is 7.24. The molecule has 4 heteroatoms. The van der Waals surface area contributed by atoms with Crippen molar-refractivity contribution in [3.8, 4) is 16.9 Å². The van der Waals surface area contributed by atoms with Gasteiger partial charge >= 0.3 is 0 Å². The molecule has 4 nitrogen and oxygen atoms in total. The molecule has 1 aliphatic heterocycles. The third kappa shape index (κ3) is 4.43. The minimum absolute atomic E-state index is 0.900. The molecule has 0 aromatic heterocycles. The van der Waals surface area contributed by atoms with E-state index in [0.29, 0.717) is 0 Å². The monoisotopic (exact) mass is 385 g/mol. The van der Waals surface area contributed by atoms with Gasteiger partial charge in [0.2, 0.25) is 0 Å². The van der Waals surface area contributed by atoms with Crippen molar-refractivity contribution in [1.82, 2.24) is 5.01 Å². The summed E-state index contributed by atoms with van der Waals surface area (Å²) in [6, 6.07) is 27.3. The molecule has 0 bridgehead atoms. The quantitative estimate of drug-likeness (QED) is 0.584. The number of para-hydroxylation sites is 2. The van der Waals surface area contributed by atoms with Gasteiger partial charge in [0.15, 0.2) is 0 Å². The summed E-state index contributed by atoms with van der Waals surface area (Å²) in [5.74, 6) is 0.930. The van der Waals surface area contributed by atoms with Crippen LogP contribution in [0, 0.1) is 0 Å². The summed E-state index contributed by atoms with van der Waals surface area (Å²) < 4.78 is 5.51. The first-order valence-electron chi connectivity index (χ1n) is 10.1. The van der Waals surface area contributed by atoms with Gasteiger partial charge in [-0.1, -0.05) is 66.7 Å². The predicted octanol–water partition coefficient (Wildman–Crippen LogP) is 4.91. The van der Waals surface area contributed by atoms with Crippen molar-refractivity contribution < 1.29 is 4.74 Å². The molecule has 4 rings (SSSR count). The molecule has 0 aliphatic carbocycles. The van der Waals surface area contributed by atoms with Crippen molar-refractivity contribution in [2.75, 3.05) is 38.2 Å². The largest absolute Gasteiger partial charge is 0.495 e. The van der Waals surface area contributed by atoms with Gasteiger partial charge in [0.1, 0.15) is 5.75 Å². The Bertz CT molecular complexity index is 959. The summed E-state index contributed by atoms with van der Waals surface area (Å²) in [6.07, 6.45) is 0. The fraction of sp³-hybridized carbons (Fsp3) is 0.240. The fourth-order valence-corrected chi connectivity index (χ4v) is 3.73. The Morgan fingerprint density at radius 1 is 0.759 bits per heavy atom. The Hall–Kier alpha value is -3.27. The zero-order valence-electron chi connectivity index (χ0n) is 17.1. The van der Waals surface area contributed by atoms with E-state index in [1.807, 2.05) is 18.2 Å². The van der Waals surface area contributed by atoms with E-state index in [4.69, 9.17) is 9.84 Å². The highest BCUT2D eigenvalue weighted by Gasteiger charge is 2.18. The SMILES string of the molecule is COc1ccccc1N1CCN(/N=C(\C)c2ccc(-c3ccccc3)cc2)CC1. The molecule has 1 aliphatic rings. The summed E-state index contributed by atoms with van der Waals surface area (Å²) in [7, 11) is 1.73. The van der Waals surface area contributed by atoms with Crippen LogP contribution in [0.4, 0.5) is 5.69 Å². The van der Waals surface area contributed by atoms with Crippen LogP contribution in [0.25, 0.3) is 11.1 Å². The first-order valence-corrected chi connectivity index (χ1v) is 10.1.